The number of nitrogens with zero attached hydrogens (tertiary/aromatic N) is 1. The van der Waals surface area contributed by atoms with Crippen LogP contribution in [0.2, 0.25) is 0 Å². The van der Waals surface area contributed by atoms with Crippen LogP contribution in [0.25, 0.3) is 10.9 Å². The standard InChI is InChI=1S/C9H7NO.C7H8O.In/c11-8-5-1-3-7-4-2-6-10-9(7)8;1-6-4-2-3-5-7(6)8;/h1-6,11H;2-5,8H,1H3;/q;;+2/p-2. The minimum atomic E-state index is -1.61. The Balaban J connectivity index is 1.73. The molecule has 0 saturated carbocycles. The molecule has 0 atom stereocenters. The molecule has 3 aromatic rings. The molecule has 1 radical (unpaired) electrons. The molecule has 0 unspecified atom stereocenters. The summed E-state index contributed by atoms with van der Waals surface area (Å²) in [5.74, 6) is 1.74. The second-order valence-corrected chi connectivity index (χ2v) is 6.32. The van der Waals surface area contributed by atoms with Crippen molar-refractivity contribution in [3.8, 4) is 11.5 Å². The Morgan fingerprint density at radius 2 is 1.60 bits per heavy atom. The molecule has 0 N–H and O–H groups in total. The molecule has 4 heteroatoms. The number of aromatic nitrogens is 1. The summed E-state index contributed by atoms with van der Waals surface area (Å²) in [5.41, 5.74) is 2.04. The molecule has 0 saturated heterocycles. The summed E-state index contributed by atoms with van der Waals surface area (Å²) in [6.07, 6.45) is 1.78. The fraction of sp³-hybridized carbons (Fsp3) is 0.0625. The van der Waals surface area contributed by atoms with E-state index in [1.54, 1.807) is 6.20 Å². The van der Waals surface area contributed by atoms with Crippen LogP contribution in [0, 0.1) is 6.92 Å². The van der Waals surface area contributed by atoms with Crippen LogP contribution in [0.15, 0.2) is 60.8 Å². The van der Waals surface area contributed by atoms with Gasteiger partial charge in [0, 0.05) is 0 Å². The van der Waals surface area contributed by atoms with Crippen molar-refractivity contribution in [1.82, 2.24) is 4.98 Å². The fourth-order valence-corrected chi connectivity index (χ4v) is 4.01. The third-order valence-corrected chi connectivity index (χ3v) is 5.04. The van der Waals surface area contributed by atoms with Gasteiger partial charge in [-0.15, -0.1) is 0 Å². The third-order valence-electron chi connectivity index (χ3n) is 3.04. The summed E-state index contributed by atoms with van der Waals surface area (Å²) in [6.45, 7) is 2.04. The van der Waals surface area contributed by atoms with Crippen LogP contribution >= 0.6 is 0 Å². The molecular formula is C16H13InNO2. The van der Waals surface area contributed by atoms with Gasteiger partial charge >= 0.3 is 130 Å². The normalized spacial score (nSPS) is 10.2. The van der Waals surface area contributed by atoms with Crippen LogP contribution in [0.1, 0.15) is 5.56 Å². The van der Waals surface area contributed by atoms with E-state index in [1.807, 2.05) is 61.5 Å². The van der Waals surface area contributed by atoms with Crippen molar-refractivity contribution in [2.75, 3.05) is 0 Å². The van der Waals surface area contributed by atoms with Crippen LogP contribution in [0.3, 0.4) is 0 Å². The van der Waals surface area contributed by atoms with E-state index in [0.717, 1.165) is 28.0 Å². The fourth-order valence-electron chi connectivity index (χ4n) is 1.99. The number of hydrogen-bond donors (Lipinski definition) is 0. The summed E-state index contributed by atoms with van der Waals surface area (Å²) >= 11 is -1.61. The molecule has 0 amide bonds. The van der Waals surface area contributed by atoms with E-state index >= 15 is 0 Å². The first-order chi connectivity index (χ1) is 9.84. The van der Waals surface area contributed by atoms with E-state index in [2.05, 4.69) is 4.98 Å². The second-order valence-electron chi connectivity index (χ2n) is 4.43. The van der Waals surface area contributed by atoms with Gasteiger partial charge in [-0.1, -0.05) is 0 Å². The average Bonchev–Trinajstić information content (AvgIpc) is 2.49. The predicted molar refractivity (Wildman–Crippen MR) is 79.9 cm³/mol. The van der Waals surface area contributed by atoms with Crippen LogP contribution in [0.4, 0.5) is 0 Å². The number of pyridine rings is 1. The Hall–Kier alpha value is -1.68. The van der Waals surface area contributed by atoms with E-state index in [-0.39, 0.29) is 0 Å². The quantitative estimate of drug-likeness (QED) is 0.708. The minimum absolute atomic E-state index is 0.817. The van der Waals surface area contributed by atoms with E-state index in [4.69, 9.17) is 5.71 Å². The number of rotatable bonds is 4. The molecule has 0 aliphatic heterocycles. The summed E-state index contributed by atoms with van der Waals surface area (Å²) in [5, 5.41) is 1.09. The number of benzene rings is 2. The molecule has 97 valence electrons. The van der Waals surface area contributed by atoms with Gasteiger partial charge < -0.3 is 0 Å². The van der Waals surface area contributed by atoms with Crippen molar-refractivity contribution in [2.24, 2.45) is 0 Å². The molecule has 0 aliphatic rings. The maximum atomic E-state index is 5.88. The molecule has 3 nitrogen and oxygen atoms in total. The molecule has 1 aromatic heterocycles. The first kappa shape index (κ1) is 13.3. The molecule has 1 heterocycles. The summed E-state index contributed by atoms with van der Waals surface area (Å²) in [4.78, 5) is 4.37. The van der Waals surface area contributed by atoms with E-state index in [1.165, 1.54) is 0 Å². The SMILES string of the molecule is Cc1ccccc1[O][In][O]c1cccc2cccnc12. The van der Waals surface area contributed by atoms with Gasteiger partial charge in [0.05, 0.1) is 0 Å². The third kappa shape index (κ3) is 2.90. The summed E-state index contributed by atoms with van der Waals surface area (Å²) in [6, 6.07) is 17.9. The van der Waals surface area contributed by atoms with Crippen LogP contribution < -0.4 is 5.71 Å². The monoisotopic (exact) mass is 366 g/mol. The van der Waals surface area contributed by atoms with Gasteiger partial charge in [-0.3, -0.25) is 0 Å². The molecule has 20 heavy (non-hydrogen) atoms. The zero-order valence-electron chi connectivity index (χ0n) is 11.1. The number of fused-ring (bicyclic) bond motifs is 1. The van der Waals surface area contributed by atoms with Crippen LogP contribution in [0.5, 0.6) is 11.5 Å². The van der Waals surface area contributed by atoms with Gasteiger partial charge in [-0.05, 0) is 0 Å². The molecule has 0 spiro atoms. The van der Waals surface area contributed by atoms with Gasteiger partial charge in [0.2, 0.25) is 0 Å². The maximum absolute atomic E-state index is 5.88. The van der Waals surface area contributed by atoms with Crippen LogP contribution in [-0.4, -0.2) is 28.8 Å². The van der Waals surface area contributed by atoms with Crippen molar-refractivity contribution in [3.05, 3.63) is 66.4 Å². The second kappa shape index (κ2) is 6.18. The summed E-state index contributed by atoms with van der Waals surface area (Å²) < 4.78 is 11.7. The Morgan fingerprint density at radius 1 is 0.850 bits per heavy atom. The van der Waals surface area contributed by atoms with E-state index in [0.29, 0.717) is 0 Å². The van der Waals surface area contributed by atoms with Gasteiger partial charge in [0.15, 0.2) is 0 Å². The molecule has 0 aliphatic carbocycles. The molecule has 3 rings (SSSR count). The Labute approximate surface area is 130 Å². The number of para-hydroxylation sites is 2. The van der Waals surface area contributed by atoms with Crippen molar-refractivity contribution < 1.29 is 5.71 Å². The van der Waals surface area contributed by atoms with Crippen molar-refractivity contribution in [1.29, 1.82) is 0 Å². The Bertz CT molecular complexity index is 725. The summed E-state index contributed by atoms with van der Waals surface area (Å²) in [7, 11) is 0. The van der Waals surface area contributed by atoms with Crippen LogP contribution in [-0.2, 0) is 0 Å². The Kier molecular flexibility index (Phi) is 4.11. The number of aryl methyl sites for hydroxylation is 1. The van der Waals surface area contributed by atoms with Gasteiger partial charge in [0.25, 0.3) is 0 Å². The molecule has 0 bridgehead atoms. The number of hydrogen-bond acceptors (Lipinski definition) is 3. The van der Waals surface area contributed by atoms with Crippen molar-refractivity contribution in [3.63, 3.8) is 0 Å². The first-order valence-corrected chi connectivity index (χ1v) is 9.08. The van der Waals surface area contributed by atoms with Gasteiger partial charge in [-0.25, -0.2) is 0 Å². The first-order valence-electron chi connectivity index (χ1n) is 6.39. The Morgan fingerprint density at radius 3 is 2.50 bits per heavy atom. The van der Waals surface area contributed by atoms with Crippen molar-refractivity contribution in [2.45, 2.75) is 6.92 Å². The predicted octanol–water partition coefficient (Wildman–Crippen LogP) is 3.54. The average molecular weight is 366 g/mol. The topological polar surface area (TPSA) is 31.4 Å². The zero-order chi connectivity index (χ0) is 13.8. The molecule has 0 fully saturated rings. The van der Waals surface area contributed by atoms with Gasteiger partial charge in [0.1, 0.15) is 0 Å². The van der Waals surface area contributed by atoms with Gasteiger partial charge in [-0.2, -0.15) is 0 Å². The molecular weight excluding hydrogens is 353 g/mol. The van der Waals surface area contributed by atoms with E-state index < -0.39 is 23.8 Å². The molecule has 2 aromatic carbocycles. The zero-order valence-corrected chi connectivity index (χ0v) is 14.4. The van der Waals surface area contributed by atoms with Crippen molar-refractivity contribution >= 4 is 34.7 Å². The van der Waals surface area contributed by atoms with E-state index in [9.17, 15) is 0 Å².